The smallest absolute Gasteiger partial charge is 0.187 e. The minimum Gasteiger partial charge on any atom is -0.307 e. The van der Waals surface area contributed by atoms with Crippen molar-refractivity contribution in [2.75, 3.05) is 19.6 Å². The van der Waals surface area contributed by atoms with Gasteiger partial charge >= 0.3 is 0 Å². The molecule has 0 saturated carbocycles. The molecule has 0 unspecified atom stereocenters. The normalized spacial score (nSPS) is 11.5. The van der Waals surface area contributed by atoms with Crippen LogP contribution in [0.1, 0.15) is 11.1 Å². The van der Waals surface area contributed by atoms with Crippen LogP contribution in [-0.2, 0) is 0 Å². The fourth-order valence-corrected chi connectivity index (χ4v) is 23.6. The Labute approximate surface area is 829 Å². The zero-order valence-corrected chi connectivity index (χ0v) is 80.7. The fraction of sp³-hybridized carbons (Fsp3) is 0.0476. The van der Waals surface area contributed by atoms with Crippen molar-refractivity contribution in [3.05, 3.63) is 481 Å². The van der Waals surface area contributed by atoms with Crippen molar-refractivity contribution in [1.29, 1.82) is 10.5 Å². The third kappa shape index (κ3) is 17.0. The molecule has 8 nitrogen and oxygen atoms in total. The number of hydrogen-bond acceptors (Lipinski definition) is 6. The maximum Gasteiger partial charge on any atom is 0.187 e. The van der Waals surface area contributed by atoms with Gasteiger partial charge in [-0.05, 0) is 209 Å². The first kappa shape index (κ1) is 92.3. The summed E-state index contributed by atoms with van der Waals surface area (Å²) in [5.41, 5.74) is 14.6. The average molecular weight is 1920 g/mol. The SMILES string of the molecule is [C-]#[N+]c1ccc(N(c2c(F)cc(F)cc2-c2ccc(-c3ccccc3)cc2)c2ccc3ccc4c(N(c5ccc(C#N)cc5)c5c(F)cc(F)cc5-c5ccc(-c6ccccc6)cc5)ccc5ccc2c3c54)cc1.[C-]#[N+]c1ccc(N(c2c(F)cc(F)cc2-c2ccccc2[Si](C)(C)C)c2ccc3ccc4c(N(c5ccc(C#N)cc5)c5c(F)cc(F)cc5-c5ccccc5[Si](C)(C)C)ccc5ccc2c3c54)cc1. The minimum atomic E-state index is -2.08. The summed E-state index contributed by atoms with van der Waals surface area (Å²) < 4.78 is 131. The second-order valence-electron chi connectivity index (χ2n) is 37.7. The molecule has 22 rings (SSSR count). The summed E-state index contributed by atoms with van der Waals surface area (Å²) in [6, 6.07) is 123. The number of anilines is 12. The van der Waals surface area contributed by atoms with Crippen molar-refractivity contribution < 1.29 is 35.1 Å². The first-order chi connectivity index (χ1) is 69.8. The Balaban J connectivity index is 0.000000170. The molecule has 144 heavy (non-hydrogen) atoms. The van der Waals surface area contributed by atoms with E-state index in [4.69, 9.17) is 13.1 Å². The molecule has 0 spiro atoms. The topological polar surface area (TPSA) is 69.3 Å². The summed E-state index contributed by atoms with van der Waals surface area (Å²) >= 11 is 0. The first-order valence-corrected chi connectivity index (χ1v) is 53.8. The molecule has 18 heteroatoms. The molecule has 0 fully saturated rings. The highest BCUT2D eigenvalue weighted by atomic mass is 28.3. The van der Waals surface area contributed by atoms with Gasteiger partial charge in [0.15, 0.2) is 34.6 Å². The highest BCUT2D eigenvalue weighted by molar-refractivity contribution is 6.90. The van der Waals surface area contributed by atoms with Crippen LogP contribution in [0.4, 0.5) is 115 Å². The quantitative estimate of drug-likeness (QED) is 0.0328. The molecule has 0 bridgehead atoms. The Hall–Kier alpha value is -18.0. The molecule has 0 aliphatic heterocycles. The first-order valence-electron chi connectivity index (χ1n) is 46.8. The van der Waals surface area contributed by atoms with Crippen LogP contribution >= 0.6 is 0 Å². The van der Waals surface area contributed by atoms with Crippen LogP contribution in [0.25, 0.3) is 141 Å². The second kappa shape index (κ2) is 37.6. The third-order valence-electron chi connectivity index (χ3n) is 26.8. The molecule has 0 radical (unpaired) electrons. The molecule has 0 amide bonds. The monoisotopic (exact) mass is 1920 g/mol. The Morgan fingerprint density at radius 3 is 0.743 bits per heavy atom. The van der Waals surface area contributed by atoms with Gasteiger partial charge in [0.05, 0.1) is 98.1 Å². The van der Waals surface area contributed by atoms with E-state index in [9.17, 15) is 10.5 Å². The maximum absolute atomic E-state index is 17.2. The van der Waals surface area contributed by atoms with E-state index in [2.05, 4.69) is 61.1 Å². The Morgan fingerprint density at radius 2 is 0.472 bits per heavy atom. The number of halogens is 8. The second-order valence-corrected chi connectivity index (χ2v) is 47.8. The predicted octanol–water partition coefficient (Wildman–Crippen LogP) is 36.1. The van der Waals surface area contributed by atoms with Crippen LogP contribution in [0.15, 0.2) is 400 Å². The van der Waals surface area contributed by atoms with Gasteiger partial charge in [-0.25, -0.2) is 44.8 Å². The van der Waals surface area contributed by atoms with Gasteiger partial charge in [-0.1, -0.05) is 304 Å². The van der Waals surface area contributed by atoms with Crippen molar-refractivity contribution in [2.45, 2.75) is 39.3 Å². The highest BCUT2D eigenvalue weighted by Gasteiger charge is 2.35. The zero-order valence-electron chi connectivity index (χ0n) is 78.7. The number of nitrogens with zero attached hydrogens (tertiary/aromatic N) is 8. The summed E-state index contributed by atoms with van der Waals surface area (Å²) in [4.78, 5) is 14.4. The van der Waals surface area contributed by atoms with Gasteiger partial charge in [-0.3, -0.25) is 0 Å². The van der Waals surface area contributed by atoms with E-state index < -0.39 is 62.7 Å². The fourth-order valence-electron chi connectivity index (χ4n) is 20.3. The summed E-state index contributed by atoms with van der Waals surface area (Å²) in [5.74, 6) is -5.99. The van der Waals surface area contributed by atoms with Crippen LogP contribution in [0.2, 0.25) is 39.3 Å². The van der Waals surface area contributed by atoms with E-state index in [1.54, 1.807) is 107 Å². The van der Waals surface area contributed by atoms with Crippen molar-refractivity contribution in [2.24, 2.45) is 0 Å². The number of hydrogen-bond donors (Lipinski definition) is 0. The van der Waals surface area contributed by atoms with Gasteiger partial charge in [-0.15, -0.1) is 0 Å². The lowest BCUT2D eigenvalue weighted by Crippen LogP contribution is -2.39. The molecule has 22 aromatic carbocycles. The Kier molecular flexibility index (Phi) is 24.1. The largest absolute Gasteiger partial charge is 0.307 e. The zero-order chi connectivity index (χ0) is 99.7. The number of rotatable bonds is 20. The Bertz CT molecular complexity index is 8460. The van der Waals surface area contributed by atoms with Gasteiger partial charge in [0.2, 0.25) is 0 Å². The molecule has 22 aromatic rings. The van der Waals surface area contributed by atoms with Gasteiger partial charge in [0.25, 0.3) is 0 Å². The molecular formula is C126H84F8N8Si2. The highest BCUT2D eigenvalue weighted by Crippen LogP contribution is 2.56. The molecule has 0 N–H and O–H groups in total. The van der Waals surface area contributed by atoms with E-state index in [1.165, 1.54) is 24.3 Å². The van der Waals surface area contributed by atoms with Gasteiger partial charge in [0.1, 0.15) is 23.3 Å². The van der Waals surface area contributed by atoms with Crippen LogP contribution in [0, 0.1) is 82.3 Å². The van der Waals surface area contributed by atoms with Crippen LogP contribution < -0.4 is 30.0 Å². The maximum atomic E-state index is 17.2. The van der Waals surface area contributed by atoms with E-state index in [0.717, 1.165) is 133 Å². The van der Waals surface area contributed by atoms with Crippen LogP contribution in [-0.4, -0.2) is 16.1 Å². The van der Waals surface area contributed by atoms with E-state index in [1.807, 2.05) is 265 Å². The summed E-state index contributed by atoms with van der Waals surface area (Å²) in [6.45, 7) is 28.6. The van der Waals surface area contributed by atoms with Crippen LogP contribution in [0.3, 0.4) is 0 Å². The molecule has 0 aromatic heterocycles. The van der Waals surface area contributed by atoms with Crippen molar-refractivity contribution in [3.63, 3.8) is 0 Å². The lowest BCUT2D eigenvalue weighted by atomic mass is 9.91. The van der Waals surface area contributed by atoms with Gasteiger partial charge < -0.3 is 19.6 Å². The van der Waals surface area contributed by atoms with Gasteiger partial charge in [0, 0.05) is 90.8 Å². The third-order valence-corrected chi connectivity index (χ3v) is 31.0. The van der Waals surface area contributed by atoms with E-state index in [0.29, 0.717) is 101 Å². The molecule has 0 heterocycles. The van der Waals surface area contributed by atoms with Crippen molar-refractivity contribution in [3.8, 4) is 78.9 Å². The summed E-state index contributed by atoms with van der Waals surface area (Å²) in [5, 5.41) is 31.6. The van der Waals surface area contributed by atoms with E-state index >= 15 is 35.1 Å². The predicted molar refractivity (Wildman–Crippen MR) is 579 cm³/mol. The average Bonchev–Trinajstić information content (AvgIpc) is 0.714. The van der Waals surface area contributed by atoms with Crippen molar-refractivity contribution >= 4 is 171 Å². The summed E-state index contributed by atoms with van der Waals surface area (Å²) in [6.07, 6.45) is 0. The molecule has 0 saturated heterocycles. The van der Waals surface area contributed by atoms with Gasteiger partial charge in [-0.2, -0.15) is 10.5 Å². The molecular weight excluding hydrogens is 1830 g/mol. The molecule has 0 atom stereocenters. The number of nitriles is 2. The molecule has 0 aliphatic rings. The number of benzene rings is 22. The standard InChI is InChI=1S/C66H38F4N4.C60H46F4N4Si2/c1-72-52-26-30-54(31-27-52)74(66-58(37-51(68)39-60(66)70)47-20-16-45(17-21-47)43-10-6-3-7-11-43)62-35-25-49-22-32-55-61(34-24-48-23-33-56(62)64(49)63(48)55)73(53-28-12-41(40-71)13-29-53)65-57(36-50(67)38-59(65)69)46-18-14-44(15-19-46)42-8-4-2-5-9-42;1-66-42-22-26-44(27-23-42)68(60-50(33-41(62)35-52(60)64)46-13-9-11-15-56(46)70(5,6)7)54-31-21-39-18-28-47-53(30-20-38-19-29-48(54)58(39)57(38)47)67(43-24-16-37(36-65)17-25-43)59-49(32-40(61)34-51(59)63)45-12-8-10-14-55(45)69(2,3)4/h2-39H;8-35H,2-7H3. The van der Waals surface area contributed by atoms with Crippen molar-refractivity contribution in [1.82, 2.24) is 0 Å². The molecule has 692 valence electrons. The molecule has 0 aliphatic carbocycles. The minimum absolute atomic E-state index is 0.101. The van der Waals surface area contributed by atoms with E-state index in [-0.39, 0.29) is 22.7 Å². The lowest BCUT2D eigenvalue weighted by molar-refractivity contribution is 0.584. The lowest BCUT2D eigenvalue weighted by Gasteiger charge is -2.32. The van der Waals surface area contributed by atoms with Crippen LogP contribution in [0.5, 0.6) is 0 Å². The Morgan fingerprint density at radius 1 is 0.236 bits per heavy atom. The summed E-state index contributed by atoms with van der Waals surface area (Å²) in [7, 11) is -4.16.